The second-order valence-electron chi connectivity index (χ2n) is 5.11. The van der Waals surface area contributed by atoms with E-state index in [0.717, 1.165) is 25.9 Å². The molecule has 0 saturated carbocycles. The number of aromatic carboxylic acids is 1. The largest absolute Gasteiger partial charge is 0.478 e. The lowest BCUT2D eigenvalue weighted by atomic mass is 10.2. The number of H-pyrrole nitrogens is 1. The van der Waals surface area contributed by atoms with E-state index in [1.807, 2.05) is 0 Å². The van der Waals surface area contributed by atoms with Crippen molar-refractivity contribution < 1.29 is 14.7 Å². The average molecular weight is 289 g/mol. The van der Waals surface area contributed by atoms with E-state index in [1.165, 1.54) is 10.6 Å². The van der Waals surface area contributed by atoms with Crippen molar-refractivity contribution in [1.82, 2.24) is 14.5 Å². The second-order valence-corrected chi connectivity index (χ2v) is 5.11. The highest BCUT2D eigenvalue weighted by molar-refractivity contribution is 6.01. The Bertz CT molecular complexity index is 768. The smallest absolute Gasteiger partial charge is 0.337 e. The fourth-order valence-corrected chi connectivity index (χ4v) is 2.72. The van der Waals surface area contributed by atoms with Crippen molar-refractivity contribution in [2.45, 2.75) is 19.4 Å². The van der Waals surface area contributed by atoms with Gasteiger partial charge in [-0.3, -0.25) is 9.36 Å². The normalized spacial score (nSPS) is 14.8. The predicted molar refractivity (Wildman–Crippen MR) is 75.3 cm³/mol. The van der Waals surface area contributed by atoms with Gasteiger partial charge in [0, 0.05) is 13.1 Å². The van der Waals surface area contributed by atoms with Crippen molar-refractivity contribution in [1.29, 1.82) is 0 Å². The molecule has 0 spiro atoms. The number of aromatic amines is 1. The summed E-state index contributed by atoms with van der Waals surface area (Å²) in [5.74, 6) is -1.23. The molecule has 0 aliphatic carbocycles. The molecule has 1 amide bonds. The van der Waals surface area contributed by atoms with Crippen molar-refractivity contribution in [2.75, 3.05) is 13.1 Å². The van der Waals surface area contributed by atoms with Gasteiger partial charge in [-0.2, -0.15) is 0 Å². The molecular formula is C14H15N3O4. The molecule has 110 valence electrons. The van der Waals surface area contributed by atoms with Crippen molar-refractivity contribution in [3.8, 4) is 0 Å². The zero-order chi connectivity index (χ0) is 15.0. The van der Waals surface area contributed by atoms with E-state index in [4.69, 9.17) is 5.11 Å². The third kappa shape index (κ3) is 2.31. The molecule has 7 nitrogen and oxygen atoms in total. The number of rotatable bonds is 3. The lowest BCUT2D eigenvalue weighted by Gasteiger charge is -2.15. The average Bonchev–Trinajstić information content (AvgIpc) is 3.07. The van der Waals surface area contributed by atoms with E-state index in [2.05, 4.69) is 4.98 Å². The number of likely N-dealkylation sites (tertiary alicyclic amines) is 1. The number of para-hydroxylation sites is 1. The number of carbonyl (C=O) groups excluding carboxylic acids is 1. The molecule has 1 aromatic carbocycles. The maximum Gasteiger partial charge on any atom is 0.337 e. The van der Waals surface area contributed by atoms with E-state index in [-0.39, 0.29) is 23.5 Å². The molecule has 1 saturated heterocycles. The Morgan fingerprint density at radius 2 is 1.95 bits per heavy atom. The minimum absolute atomic E-state index is 0.0250. The summed E-state index contributed by atoms with van der Waals surface area (Å²) in [6.07, 6.45) is 1.97. The van der Waals surface area contributed by atoms with Gasteiger partial charge in [-0.05, 0) is 25.0 Å². The SMILES string of the molecule is O=C(O)c1cccc2c1[nH]c(=O)n2CC(=O)N1CCCC1. The fraction of sp³-hybridized carbons (Fsp3) is 0.357. The summed E-state index contributed by atoms with van der Waals surface area (Å²) in [6, 6.07) is 4.63. The van der Waals surface area contributed by atoms with Gasteiger partial charge in [-0.15, -0.1) is 0 Å². The molecule has 7 heteroatoms. The molecule has 2 N–H and O–H groups in total. The molecule has 21 heavy (non-hydrogen) atoms. The number of nitrogens with zero attached hydrogens (tertiary/aromatic N) is 2. The summed E-state index contributed by atoms with van der Waals surface area (Å²) in [4.78, 5) is 39.6. The molecule has 2 aromatic rings. The lowest BCUT2D eigenvalue weighted by molar-refractivity contribution is -0.130. The summed E-state index contributed by atoms with van der Waals surface area (Å²) in [6.45, 7) is 1.37. The van der Waals surface area contributed by atoms with E-state index >= 15 is 0 Å². The Morgan fingerprint density at radius 3 is 2.62 bits per heavy atom. The minimum atomic E-state index is -1.11. The zero-order valence-electron chi connectivity index (χ0n) is 11.3. The first-order chi connectivity index (χ1) is 10.1. The number of hydrogen-bond donors (Lipinski definition) is 2. The van der Waals surface area contributed by atoms with Gasteiger partial charge in [0.2, 0.25) is 5.91 Å². The summed E-state index contributed by atoms with van der Waals surface area (Å²) in [7, 11) is 0. The summed E-state index contributed by atoms with van der Waals surface area (Å²) < 4.78 is 1.29. The Balaban J connectivity index is 2.01. The number of carbonyl (C=O) groups is 2. The highest BCUT2D eigenvalue weighted by atomic mass is 16.4. The Kier molecular flexibility index (Phi) is 3.25. The highest BCUT2D eigenvalue weighted by Gasteiger charge is 2.21. The topological polar surface area (TPSA) is 95.4 Å². The van der Waals surface area contributed by atoms with Crippen molar-refractivity contribution >= 4 is 22.9 Å². The third-order valence-corrected chi connectivity index (χ3v) is 3.79. The van der Waals surface area contributed by atoms with Crippen LogP contribution < -0.4 is 5.69 Å². The van der Waals surface area contributed by atoms with Crippen LogP contribution in [0.15, 0.2) is 23.0 Å². The summed E-state index contributed by atoms with van der Waals surface area (Å²) in [5, 5.41) is 9.13. The first-order valence-electron chi connectivity index (χ1n) is 6.80. The van der Waals surface area contributed by atoms with Gasteiger partial charge in [0.05, 0.1) is 16.6 Å². The number of carboxylic acids is 1. The van der Waals surface area contributed by atoms with Crippen molar-refractivity contribution in [3.05, 3.63) is 34.2 Å². The Hall–Kier alpha value is -2.57. The number of imidazole rings is 1. The Morgan fingerprint density at radius 1 is 1.24 bits per heavy atom. The molecule has 3 rings (SSSR count). The standard InChI is InChI=1S/C14H15N3O4/c18-11(16-6-1-2-7-16)8-17-10-5-3-4-9(13(19)20)12(10)15-14(17)21/h3-5H,1-2,6-8H2,(H,15,21)(H,19,20). The third-order valence-electron chi connectivity index (χ3n) is 3.79. The van der Waals surface area contributed by atoms with Crippen LogP contribution in [0.4, 0.5) is 0 Å². The van der Waals surface area contributed by atoms with Gasteiger partial charge in [-0.25, -0.2) is 9.59 Å². The van der Waals surface area contributed by atoms with E-state index in [0.29, 0.717) is 5.52 Å². The lowest BCUT2D eigenvalue weighted by Crippen LogP contribution is -2.33. The highest BCUT2D eigenvalue weighted by Crippen LogP contribution is 2.16. The summed E-state index contributed by atoms with van der Waals surface area (Å²) in [5.41, 5.74) is 0.250. The quantitative estimate of drug-likeness (QED) is 0.867. The van der Waals surface area contributed by atoms with Gasteiger partial charge < -0.3 is 15.0 Å². The molecule has 0 atom stereocenters. The second kappa shape index (κ2) is 5.08. The van der Waals surface area contributed by atoms with Crippen molar-refractivity contribution in [2.24, 2.45) is 0 Å². The van der Waals surface area contributed by atoms with Crippen LogP contribution in [0.25, 0.3) is 11.0 Å². The van der Waals surface area contributed by atoms with E-state index in [1.54, 1.807) is 17.0 Å². The number of benzene rings is 1. The number of carboxylic acid groups (broad SMARTS) is 1. The van der Waals surface area contributed by atoms with Crippen LogP contribution in [0, 0.1) is 0 Å². The predicted octanol–water partition coefficient (Wildman–Crippen LogP) is 0.650. The van der Waals surface area contributed by atoms with E-state index in [9.17, 15) is 14.4 Å². The number of amides is 1. The first kappa shape index (κ1) is 13.4. The van der Waals surface area contributed by atoms with Crippen LogP contribution in [0.2, 0.25) is 0 Å². The van der Waals surface area contributed by atoms with E-state index < -0.39 is 11.7 Å². The number of fused-ring (bicyclic) bond motifs is 1. The van der Waals surface area contributed by atoms with Crippen LogP contribution in [-0.4, -0.2) is 44.5 Å². The molecular weight excluding hydrogens is 274 g/mol. The number of hydrogen-bond acceptors (Lipinski definition) is 3. The minimum Gasteiger partial charge on any atom is -0.478 e. The van der Waals surface area contributed by atoms with Crippen molar-refractivity contribution in [3.63, 3.8) is 0 Å². The number of nitrogens with one attached hydrogen (secondary N) is 1. The first-order valence-corrected chi connectivity index (χ1v) is 6.80. The monoisotopic (exact) mass is 289 g/mol. The Labute approximate surface area is 119 Å². The zero-order valence-corrected chi connectivity index (χ0v) is 11.3. The van der Waals surface area contributed by atoms with Crippen LogP contribution in [0.5, 0.6) is 0 Å². The van der Waals surface area contributed by atoms with Crippen LogP contribution in [-0.2, 0) is 11.3 Å². The molecule has 0 unspecified atom stereocenters. The molecule has 2 heterocycles. The van der Waals surface area contributed by atoms with Gasteiger partial charge >= 0.3 is 11.7 Å². The molecule has 1 aromatic heterocycles. The van der Waals surface area contributed by atoms with Crippen LogP contribution in [0.3, 0.4) is 0 Å². The summed E-state index contributed by atoms with van der Waals surface area (Å²) >= 11 is 0. The van der Waals surface area contributed by atoms with Gasteiger partial charge in [0.25, 0.3) is 0 Å². The van der Waals surface area contributed by atoms with Gasteiger partial charge in [0.15, 0.2) is 0 Å². The maximum absolute atomic E-state index is 12.2. The van der Waals surface area contributed by atoms with Crippen LogP contribution in [0.1, 0.15) is 23.2 Å². The molecule has 0 radical (unpaired) electrons. The number of aromatic nitrogens is 2. The molecule has 1 aliphatic rings. The van der Waals surface area contributed by atoms with Crippen LogP contribution >= 0.6 is 0 Å². The molecule has 1 fully saturated rings. The fourth-order valence-electron chi connectivity index (χ4n) is 2.72. The maximum atomic E-state index is 12.2. The van der Waals surface area contributed by atoms with Gasteiger partial charge in [0.1, 0.15) is 6.54 Å². The molecule has 1 aliphatic heterocycles. The molecule has 0 bridgehead atoms. The van der Waals surface area contributed by atoms with Gasteiger partial charge in [-0.1, -0.05) is 6.07 Å².